The molecule has 0 aliphatic heterocycles. The second-order valence-corrected chi connectivity index (χ2v) is 5.20. The van der Waals surface area contributed by atoms with Gasteiger partial charge < -0.3 is 35.0 Å². The van der Waals surface area contributed by atoms with Gasteiger partial charge in [-0.3, -0.25) is 0 Å². The Bertz CT molecular complexity index is 270. The maximum Gasteiger partial charge on any atom is 0.551 e. The highest BCUT2D eigenvalue weighted by Crippen LogP contribution is 2.09. The fraction of sp³-hybridized carbons (Fsp3) is 1.00. The third kappa shape index (κ3) is 9.14. The van der Waals surface area contributed by atoms with Crippen LogP contribution in [0.5, 0.6) is 0 Å². The van der Waals surface area contributed by atoms with Crippen molar-refractivity contribution in [2.24, 2.45) is 0 Å². The third-order valence-electron chi connectivity index (χ3n) is 3.22. The van der Waals surface area contributed by atoms with E-state index in [1.807, 2.05) is 20.8 Å². The smallest absolute Gasteiger partial charge is 0.436 e. The van der Waals surface area contributed by atoms with Crippen molar-refractivity contribution in [2.75, 3.05) is 19.6 Å². The normalized spacial score (nSPS) is 13.8. The summed E-state index contributed by atoms with van der Waals surface area (Å²) in [6.07, 6.45) is 1.64. The van der Waals surface area contributed by atoms with E-state index in [1.165, 1.54) is 0 Å². The molecule has 0 aliphatic carbocycles. The largest absolute Gasteiger partial charge is 0.551 e. The van der Waals surface area contributed by atoms with Crippen LogP contribution in [0.15, 0.2) is 0 Å². The minimum atomic E-state index is -1.03. The number of hydrogen-bond donors (Lipinski definition) is 5. The van der Waals surface area contributed by atoms with E-state index in [0.717, 1.165) is 12.8 Å². The van der Waals surface area contributed by atoms with Gasteiger partial charge in [0.2, 0.25) is 0 Å². The first-order chi connectivity index (χ1) is 10.5. The highest BCUT2D eigenvalue weighted by Gasteiger charge is 2.35. The van der Waals surface area contributed by atoms with Gasteiger partial charge in [0.15, 0.2) is 0 Å². The Labute approximate surface area is 136 Å². The Morgan fingerprint density at radius 3 is 2.00 bits per heavy atom. The van der Waals surface area contributed by atoms with E-state index in [0.29, 0.717) is 19.6 Å². The van der Waals surface area contributed by atoms with E-state index in [9.17, 15) is 10.0 Å². The second-order valence-electron chi connectivity index (χ2n) is 5.20. The third-order valence-corrected chi connectivity index (χ3v) is 3.22. The molecule has 0 aromatic heterocycles. The quantitative estimate of drug-likeness (QED) is 0.274. The van der Waals surface area contributed by atoms with Crippen LogP contribution >= 0.6 is 0 Å². The molecule has 0 spiro atoms. The SMILES string of the molecule is CCCC(OB(O)NCC)B(NCC)OC(C)B(O)NCC. The Morgan fingerprint density at radius 1 is 0.909 bits per heavy atom. The number of rotatable bonds is 14. The highest BCUT2D eigenvalue weighted by atomic mass is 16.6. The van der Waals surface area contributed by atoms with Crippen molar-refractivity contribution in [1.29, 1.82) is 0 Å². The van der Waals surface area contributed by atoms with Crippen molar-refractivity contribution in [2.45, 2.75) is 59.5 Å². The van der Waals surface area contributed by atoms with Crippen LogP contribution in [0.2, 0.25) is 0 Å². The van der Waals surface area contributed by atoms with Crippen molar-refractivity contribution in [3.05, 3.63) is 0 Å². The zero-order valence-electron chi connectivity index (χ0n) is 14.6. The van der Waals surface area contributed by atoms with E-state index in [-0.39, 0.29) is 6.00 Å². The molecule has 5 N–H and O–H groups in total. The molecule has 0 fully saturated rings. The van der Waals surface area contributed by atoms with Gasteiger partial charge in [-0.1, -0.05) is 34.1 Å². The Kier molecular flexibility index (Phi) is 13.3. The summed E-state index contributed by atoms with van der Waals surface area (Å²) in [6, 6.07) is -0.710. The molecule has 2 atom stereocenters. The molecule has 10 heteroatoms. The second kappa shape index (κ2) is 13.4. The summed E-state index contributed by atoms with van der Waals surface area (Å²) >= 11 is 0. The van der Waals surface area contributed by atoms with Gasteiger partial charge in [-0.05, 0) is 33.0 Å². The summed E-state index contributed by atoms with van der Waals surface area (Å²) in [5.41, 5.74) is 0. The van der Waals surface area contributed by atoms with E-state index in [2.05, 4.69) is 22.6 Å². The lowest BCUT2D eigenvalue weighted by Gasteiger charge is -2.29. The summed E-state index contributed by atoms with van der Waals surface area (Å²) < 4.78 is 11.6. The van der Waals surface area contributed by atoms with Crippen LogP contribution in [0.25, 0.3) is 0 Å². The van der Waals surface area contributed by atoms with Gasteiger partial charge in [0.25, 0.3) is 0 Å². The topological polar surface area (TPSA) is 95.0 Å². The van der Waals surface area contributed by atoms with Crippen LogP contribution in [-0.2, 0) is 9.31 Å². The first-order valence-electron chi connectivity index (χ1n) is 8.37. The molecule has 0 aliphatic rings. The van der Waals surface area contributed by atoms with Crippen molar-refractivity contribution < 1.29 is 19.4 Å². The molecule has 0 rings (SSSR count). The molecule has 7 nitrogen and oxygen atoms in total. The van der Waals surface area contributed by atoms with Crippen LogP contribution in [0, 0.1) is 0 Å². The average molecular weight is 315 g/mol. The number of nitrogens with one attached hydrogen (secondary N) is 3. The van der Waals surface area contributed by atoms with Crippen LogP contribution in [0.3, 0.4) is 0 Å². The summed E-state index contributed by atoms with van der Waals surface area (Å²) in [5.74, 6) is 0. The molecule has 0 saturated heterocycles. The van der Waals surface area contributed by atoms with E-state index in [1.54, 1.807) is 6.92 Å². The lowest BCUT2D eigenvalue weighted by molar-refractivity contribution is 0.164. The minimum Gasteiger partial charge on any atom is -0.436 e. The maximum absolute atomic E-state index is 9.95. The van der Waals surface area contributed by atoms with Gasteiger partial charge in [-0.2, -0.15) is 0 Å². The van der Waals surface area contributed by atoms with Crippen LogP contribution in [0.1, 0.15) is 47.5 Å². The molecule has 0 aromatic carbocycles. The van der Waals surface area contributed by atoms with Crippen LogP contribution < -0.4 is 15.7 Å². The van der Waals surface area contributed by atoms with Gasteiger partial charge >= 0.3 is 21.4 Å². The molecule has 2 unspecified atom stereocenters. The van der Waals surface area contributed by atoms with Crippen LogP contribution in [0.4, 0.5) is 0 Å². The van der Waals surface area contributed by atoms with Crippen molar-refractivity contribution in [3.63, 3.8) is 0 Å². The number of hydrogen-bond acceptors (Lipinski definition) is 7. The molecule has 0 saturated carbocycles. The van der Waals surface area contributed by atoms with Crippen molar-refractivity contribution in [3.8, 4) is 0 Å². The van der Waals surface area contributed by atoms with Crippen molar-refractivity contribution in [1.82, 2.24) is 15.7 Å². The molecule has 128 valence electrons. The van der Waals surface area contributed by atoms with Gasteiger partial charge in [0.05, 0.1) is 12.0 Å². The predicted octanol–water partition coefficient (Wildman–Crippen LogP) is -0.570. The molecule has 0 radical (unpaired) electrons. The molecular formula is C12H32B3N3O4. The maximum atomic E-state index is 9.95. The van der Waals surface area contributed by atoms with Gasteiger partial charge in [0.1, 0.15) is 0 Å². The standard InChI is InChI=1S/C12H32B3N3O4/c1-6-10-12(22-15(20)18-9-4)14(17-8-3)21-11(5)13(19)16-7-2/h11-12,16-20H,6-10H2,1-5H3. The van der Waals surface area contributed by atoms with E-state index < -0.39 is 27.4 Å². The fourth-order valence-corrected chi connectivity index (χ4v) is 2.11. The summed E-state index contributed by atoms with van der Waals surface area (Å²) in [5, 5.41) is 28.7. The molecule has 0 heterocycles. The van der Waals surface area contributed by atoms with E-state index >= 15 is 0 Å². The summed E-state index contributed by atoms with van der Waals surface area (Å²) in [6.45, 7) is 11.6. The van der Waals surface area contributed by atoms with Gasteiger partial charge in [0, 0.05) is 0 Å². The molecule has 0 aromatic rings. The Morgan fingerprint density at radius 2 is 1.50 bits per heavy atom. The minimum absolute atomic E-state index is 0.310. The average Bonchev–Trinajstić information content (AvgIpc) is 2.46. The zero-order valence-corrected chi connectivity index (χ0v) is 14.6. The molecule has 22 heavy (non-hydrogen) atoms. The lowest BCUT2D eigenvalue weighted by Crippen LogP contribution is -2.57. The highest BCUT2D eigenvalue weighted by molar-refractivity contribution is 6.55. The first-order valence-corrected chi connectivity index (χ1v) is 8.37. The zero-order chi connectivity index (χ0) is 17.0. The first kappa shape index (κ1) is 21.9. The molecular weight excluding hydrogens is 283 g/mol. The van der Waals surface area contributed by atoms with E-state index in [4.69, 9.17) is 9.31 Å². The van der Waals surface area contributed by atoms with Crippen LogP contribution in [-0.4, -0.2) is 63.0 Å². The summed E-state index contributed by atoms with van der Waals surface area (Å²) in [4.78, 5) is 0. The van der Waals surface area contributed by atoms with Gasteiger partial charge in [-0.25, -0.2) is 0 Å². The Hall–Kier alpha value is -0.0852. The monoisotopic (exact) mass is 315 g/mol. The molecule has 0 bridgehead atoms. The fourth-order valence-electron chi connectivity index (χ4n) is 2.11. The predicted molar refractivity (Wildman–Crippen MR) is 93.1 cm³/mol. The lowest BCUT2D eigenvalue weighted by atomic mass is 9.68. The Balaban J connectivity index is 4.73. The van der Waals surface area contributed by atoms with Gasteiger partial charge in [-0.15, -0.1) is 0 Å². The van der Waals surface area contributed by atoms with Crippen molar-refractivity contribution >= 4 is 21.4 Å². The summed E-state index contributed by atoms with van der Waals surface area (Å²) in [7, 11) is -2.17. The molecule has 0 amide bonds.